The topological polar surface area (TPSA) is 83.5 Å². The lowest BCUT2D eigenvalue weighted by Crippen LogP contribution is -2.64. The summed E-state index contributed by atoms with van der Waals surface area (Å²) < 4.78 is 20.8. The monoisotopic (exact) mass is 508 g/mol. The summed E-state index contributed by atoms with van der Waals surface area (Å²) >= 11 is 6.26. The number of carbonyl (C=O) groups is 1. The molecule has 3 saturated heterocycles. The van der Waals surface area contributed by atoms with Crippen LogP contribution >= 0.6 is 11.6 Å². The summed E-state index contributed by atoms with van der Waals surface area (Å²) in [6.07, 6.45) is 7.02. The number of pyridine rings is 1. The molecule has 36 heavy (non-hydrogen) atoms. The number of nitrogens with one attached hydrogen (secondary N) is 1. The first-order valence-electron chi connectivity index (χ1n) is 12.2. The number of fused-ring (bicyclic) bond motifs is 4. The zero-order valence-corrected chi connectivity index (χ0v) is 20.4. The molecule has 2 atom stereocenters. The van der Waals surface area contributed by atoms with Gasteiger partial charge in [0.2, 0.25) is 5.91 Å². The third kappa shape index (κ3) is 4.21. The maximum Gasteiger partial charge on any atom is 0.246 e. The Bertz CT molecular complexity index is 1350. The van der Waals surface area contributed by atoms with Crippen LogP contribution in [0.3, 0.4) is 0 Å². The van der Waals surface area contributed by atoms with Crippen LogP contribution in [0, 0.1) is 11.7 Å². The molecule has 1 aromatic carbocycles. The average molecular weight is 509 g/mol. The number of benzene rings is 1. The quantitative estimate of drug-likeness (QED) is 0.462. The second-order valence-corrected chi connectivity index (χ2v) is 9.99. The Labute approximate surface area is 213 Å². The van der Waals surface area contributed by atoms with Crippen molar-refractivity contribution in [1.29, 1.82) is 0 Å². The molecule has 0 radical (unpaired) electrons. The molecule has 1 N–H and O–H groups in total. The highest BCUT2D eigenvalue weighted by molar-refractivity contribution is 6.32. The number of carbonyl (C=O) groups excluding carboxylic acids is 1. The number of amides is 1. The van der Waals surface area contributed by atoms with E-state index in [0.29, 0.717) is 48.2 Å². The molecule has 5 heterocycles. The number of anilines is 3. The SMILES string of the molecule is C=CC(=O)N1CC2CC[C@H]1CN2c1ccc2ncnc(Nc3ccc(OCC4CC4)c(Cl)c3F)c2n1. The Balaban J connectivity index is 1.27. The molecule has 8 nitrogen and oxygen atoms in total. The van der Waals surface area contributed by atoms with E-state index in [4.69, 9.17) is 21.3 Å². The molecule has 4 aliphatic rings. The fourth-order valence-corrected chi connectivity index (χ4v) is 5.26. The molecule has 2 aromatic heterocycles. The maximum absolute atomic E-state index is 15.1. The van der Waals surface area contributed by atoms with Crippen LogP contribution in [0.15, 0.2) is 43.2 Å². The van der Waals surface area contributed by atoms with Gasteiger partial charge in [0.15, 0.2) is 11.6 Å². The van der Waals surface area contributed by atoms with Crippen molar-refractivity contribution in [2.75, 3.05) is 29.9 Å². The van der Waals surface area contributed by atoms with Gasteiger partial charge in [-0.05, 0) is 61.9 Å². The van der Waals surface area contributed by atoms with Crippen molar-refractivity contribution in [2.24, 2.45) is 5.92 Å². The van der Waals surface area contributed by atoms with Gasteiger partial charge >= 0.3 is 0 Å². The summed E-state index contributed by atoms with van der Waals surface area (Å²) in [4.78, 5) is 29.9. The van der Waals surface area contributed by atoms with Crippen molar-refractivity contribution in [3.05, 3.63) is 54.1 Å². The third-order valence-electron chi connectivity index (χ3n) is 7.22. The predicted octanol–water partition coefficient (Wildman–Crippen LogP) is 4.72. The van der Waals surface area contributed by atoms with E-state index >= 15 is 4.39 Å². The molecule has 1 aliphatic carbocycles. The lowest BCUT2D eigenvalue weighted by atomic mass is 9.90. The molecule has 4 fully saturated rings. The number of hydrogen-bond acceptors (Lipinski definition) is 7. The van der Waals surface area contributed by atoms with E-state index < -0.39 is 5.82 Å². The van der Waals surface area contributed by atoms with Gasteiger partial charge < -0.3 is 19.9 Å². The van der Waals surface area contributed by atoms with E-state index in [9.17, 15) is 4.79 Å². The highest BCUT2D eigenvalue weighted by Gasteiger charge is 2.41. The van der Waals surface area contributed by atoms with Crippen LogP contribution in [0.25, 0.3) is 11.0 Å². The normalized spacial score (nSPS) is 21.1. The molecule has 3 aromatic rings. The average Bonchev–Trinajstić information content (AvgIpc) is 3.75. The Morgan fingerprint density at radius 3 is 2.75 bits per heavy atom. The summed E-state index contributed by atoms with van der Waals surface area (Å²) in [5.74, 6) is 1.41. The minimum Gasteiger partial charge on any atom is -0.492 e. The number of aromatic nitrogens is 3. The van der Waals surface area contributed by atoms with Crippen molar-refractivity contribution < 1.29 is 13.9 Å². The number of halogens is 2. The molecule has 10 heteroatoms. The molecule has 2 bridgehead atoms. The molecule has 186 valence electrons. The Kier molecular flexibility index (Phi) is 5.87. The molecular formula is C26H26ClFN6O2. The van der Waals surface area contributed by atoms with Crippen LogP contribution in [0.4, 0.5) is 21.7 Å². The summed E-state index contributed by atoms with van der Waals surface area (Å²) in [5, 5.41) is 2.98. The van der Waals surface area contributed by atoms with E-state index in [1.165, 1.54) is 12.4 Å². The number of piperidine rings is 2. The molecule has 3 aliphatic heterocycles. The minimum atomic E-state index is -0.604. The number of ether oxygens (including phenoxy) is 1. The van der Waals surface area contributed by atoms with Crippen molar-refractivity contribution in [2.45, 2.75) is 37.8 Å². The highest BCUT2D eigenvalue weighted by Crippen LogP contribution is 2.37. The van der Waals surface area contributed by atoms with E-state index in [2.05, 4.69) is 26.8 Å². The Morgan fingerprint density at radius 2 is 2.00 bits per heavy atom. The molecule has 0 spiro atoms. The predicted molar refractivity (Wildman–Crippen MR) is 136 cm³/mol. The molecule has 7 rings (SSSR count). The van der Waals surface area contributed by atoms with E-state index in [-0.39, 0.29) is 28.7 Å². The maximum atomic E-state index is 15.1. The molecular weight excluding hydrogens is 483 g/mol. The van der Waals surface area contributed by atoms with Gasteiger partial charge in [0, 0.05) is 25.2 Å². The molecule has 1 unspecified atom stereocenters. The Hall–Kier alpha value is -3.46. The Morgan fingerprint density at radius 1 is 1.17 bits per heavy atom. The van der Waals surface area contributed by atoms with Gasteiger partial charge in [-0.25, -0.2) is 19.3 Å². The van der Waals surface area contributed by atoms with Gasteiger partial charge in [-0.15, -0.1) is 0 Å². The highest BCUT2D eigenvalue weighted by atomic mass is 35.5. The largest absolute Gasteiger partial charge is 0.492 e. The molecule has 1 saturated carbocycles. The summed E-state index contributed by atoms with van der Waals surface area (Å²) in [6.45, 7) is 5.52. The summed E-state index contributed by atoms with van der Waals surface area (Å²) in [6, 6.07) is 7.37. The van der Waals surface area contributed by atoms with E-state index in [0.717, 1.165) is 31.5 Å². The summed E-state index contributed by atoms with van der Waals surface area (Å²) in [7, 11) is 0. The number of rotatable bonds is 7. The number of piperazine rings is 1. The lowest BCUT2D eigenvalue weighted by molar-refractivity contribution is -0.131. The standard InChI is InChI=1S/C26H26ClFN6O2/c1-2-22(35)34-12-16-5-6-17(34)11-33(16)21-10-8-19-25(32-21)26(30-14-29-19)31-18-7-9-20(23(27)24(18)28)36-13-15-3-4-15/h2,7-10,14-17H,1,3-6,11-13H2,(H,29,30,31)/t16?,17-/m0/s1. The number of hydrogen-bond donors (Lipinski definition) is 1. The van der Waals surface area contributed by atoms with E-state index in [1.54, 1.807) is 12.1 Å². The number of nitrogens with zero attached hydrogens (tertiary/aromatic N) is 5. The van der Waals surface area contributed by atoms with Crippen LogP contribution in [0.2, 0.25) is 5.02 Å². The first kappa shape index (κ1) is 23.0. The van der Waals surface area contributed by atoms with Crippen molar-refractivity contribution >= 4 is 45.9 Å². The van der Waals surface area contributed by atoms with Crippen LogP contribution < -0.4 is 15.0 Å². The third-order valence-corrected chi connectivity index (χ3v) is 7.57. The first-order chi connectivity index (χ1) is 17.5. The van der Waals surface area contributed by atoms with Crippen molar-refractivity contribution in [3.8, 4) is 5.75 Å². The van der Waals surface area contributed by atoms with Gasteiger partial charge in [0.25, 0.3) is 0 Å². The second kappa shape index (κ2) is 9.20. The van der Waals surface area contributed by atoms with Gasteiger partial charge in [-0.2, -0.15) is 0 Å². The first-order valence-corrected chi connectivity index (χ1v) is 12.6. The van der Waals surface area contributed by atoms with Crippen molar-refractivity contribution in [1.82, 2.24) is 19.9 Å². The fourth-order valence-electron chi connectivity index (χ4n) is 5.04. The van der Waals surface area contributed by atoms with Crippen molar-refractivity contribution in [3.63, 3.8) is 0 Å². The van der Waals surface area contributed by atoms with Crippen LogP contribution in [0.5, 0.6) is 5.75 Å². The fraction of sp³-hybridized carbons (Fsp3) is 0.385. The van der Waals surface area contributed by atoms with Gasteiger partial charge in [-0.1, -0.05) is 18.2 Å². The van der Waals surface area contributed by atoms with Crippen LogP contribution in [0.1, 0.15) is 25.7 Å². The molecule has 1 amide bonds. The zero-order valence-electron chi connectivity index (χ0n) is 19.7. The second-order valence-electron chi connectivity index (χ2n) is 9.61. The smallest absolute Gasteiger partial charge is 0.246 e. The van der Waals surface area contributed by atoms with Crippen LogP contribution in [-0.4, -0.2) is 57.5 Å². The lowest BCUT2D eigenvalue weighted by Gasteiger charge is -2.51. The minimum absolute atomic E-state index is 0.0275. The van der Waals surface area contributed by atoms with Gasteiger partial charge in [-0.3, -0.25) is 4.79 Å². The van der Waals surface area contributed by atoms with Gasteiger partial charge in [0.05, 0.1) is 17.8 Å². The summed E-state index contributed by atoms with van der Waals surface area (Å²) in [5.41, 5.74) is 1.35. The van der Waals surface area contributed by atoms with Gasteiger partial charge in [0.1, 0.15) is 28.4 Å². The zero-order chi connectivity index (χ0) is 24.8. The van der Waals surface area contributed by atoms with Crippen LogP contribution in [-0.2, 0) is 4.79 Å². The van der Waals surface area contributed by atoms with E-state index in [1.807, 2.05) is 17.0 Å².